The molecule has 2 rings (SSSR count). The largest absolute Gasteiger partial charge is 0.393 e. The lowest BCUT2D eigenvalue weighted by molar-refractivity contribution is 0.0390. The molecule has 1 atom stereocenters. The number of hydrogen-bond acceptors (Lipinski definition) is 2. The van der Waals surface area contributed by atoms with Gasteiger partial charge in [-0.1, -0.05) is 0 Å². The maximum atomic E-state index is 9.70. The summed E-state index contributed by atoms with van der Waals surface area (Å²) in [4.78, 5) is 0. The minimum Gasteiger partial charge on any atom is -0.393 e. The molecule has 1 heterocycles. The second kappa shape index (κ2) is 3.75. The summed E-state index contributed by atoms with van der Waals surface area (Å²) in [5, 5.41) is 9.70. The molecule has 1 aliphatic heterocycles. The van der Waals surface area contributed by atoms with Crippen LogP contribution >= 0.6 is 0 Å². The van der Waals surface area contributed by atoms with Gasteiger partial charge in [0, 0.05) is 13.2 Å². The van der Waals surface area contributed by atoms with Gasteiger partial charge in [-0.05, 0) is 43.9 Å². The standard InChI is InChI=1S/C10H18O2/c11-10(9-1-2-9)7-8-3-5-12-6-4-8/h8-11H,1-7H2. The molecule has 70 valence electrons. The Bertz CT molecular complexity index is 137. The van der Waals surface area contributed by atoms with Crippen LogP contribution in [-0.4, -0.2) is 24.4 Å². The van der Waals surface area contributed by atoms with Crippen molar-refractivity contribution < 1.29 is 9.84 Å². The van der Waals surface area contributed by atoms with Gasteiger partial charge in [0.2, 0.25) is 0 Å². The van der Waals surface area contributed by atoms with Crippen LogP contribution in [0.5, 0.6) is 0 Å². The maximum Gasteiger partial charge on any atom is 0.0571 e. The Kier molecular flexibility index (Phi) is 2.66. The first-order valence-corrected chi connectivity index (χ1v) is 5.12. The van der Waals surface area contributed by atoms with E-state index in [0.29, 0.717) is 5.92 Å². The molecule has 0 spiro atoms. The molecule has 2 heteroatoms. The molecule has 2 nitrogen and oxygen atoms in total. The molecule has 12 heavy (non-hydrogen) atoms. The first-order chi connectivity index (χ1) is 5.86. The summed E-state index contributed by atoms with van der Waals surface area (Å²) in [5.74, 6) is 1.38. The van der Waals surface area contributed by atoms with Crippen LogP contribution < -0.4 is 0 Å². The summed E-state index contributed by atoms with van der Waals surface area (Å²) < 4.78 is 5.28. The van der Waals surface area contributed by atoms with Crippen LogP contribution in [0.1, 0.15) is 32.1 Å². The highest BCUT2D eigenvalue weighted by molar-refractivity contribution is 4.82. The van der Waals surface area contributed by atoms with Crippen molar-refractivity contribution in [2.45, 2.75) is 38.2 Å². The molecular formula is C10H18O2. The zero-order valence-electron chi connectivity index (χ0n) is 7.54. The molecule has 2 aliphatic rings. The van der Waals surface area contributed by atoms with Crippen LogP contribution in [0.15, 0.2) is 0 Å². The van der Waals surface area contributed by atoms with E-state index in [0.717, 1.165) is 38.4 Å². The van der Waals surface area contributed by atoms with E-state index in [-0.39, 0.29) is 6.10 Å². The Hall–Kier alpha value is -0.0800. The van der Waals surface area contributed by atoms with Crippen molar-refractivity contribution in [1.82, 2.24) is 0 Å². The van der Waals surface area contributed by atoms with Crippen LogP contribution in [-0.2, 0) is 4.74 Å². The molecule has 0 amide bonds. The van der Waals surface area contributed by atoms with Gasteiger partial charge in [0.25, 0.3) is 0 Å². The summed E-state index contributed by atoms with van der Waals surface area (Å²) in [6.45, 7) is 1.81. The summed E-state index contributed by atoms with van der Waals surface area (Å²) >= 11 is 0. The fraction of sp³-hybridized carbons (Fsp3) is 1.00. The van der Waals surface area contributed by atoms with Gasteiger partial charge < -0.3 is 9.84 Å². The second-order valence-corrected chi connectivity index (χ2v) is 4.20. The van der Waals surface area contributed by atoms with Gasteiger partial charge in [-0.2, -0.15) is 0 Å². The molecule has 2 fully saturated rings. The highest BCUT2D eigenvalue weighted by Crippen LogP contribution is 2.36. The molecule has 1 N–H and O–H groups in total. The molecule has 0 aromatic rings. The Balaban J connectivity index is 1.69. The lowest BCUT2D eigenvalue weighted by Gasteiger charge is -2.24. The Morgan fingerprint density at radius 1 is 1.17 bits per heavy atom. The summed E-state index contributed by atoms with van der Waals surface area (Å²) in [7, 11) is 0. The van der Waals surface area contributed by atoms with Gasteiger partial charge in [-0.25, -0.2) is 0 Å². The number of ether oxygens (including phenoxy) is 1. The van der Waals surface area contributed by atoms with Gasteiger partial charge in [-0.3, -0.25) is 0 Å². The zero-order valence-corrected chi connectivity index (χ0v) is 7.54. The minimum atomic E-state index is -0.00639. The molecule has 1 saturated carbocycles. The molecular weight excluding hydrogens is 152 g/mol. The van der Waals surface area contributed by atoms with E-state index in [1.807, 2.05) is 0 Å². The van der Waals surface area contributed by atoms with E-state index in [9.17, 15) is 5.11 Å². The van der Waals surface area contributed by atoms with Crippen LogP contribution in [0.2, 0.25) is 0 Å². The first kappa shape index (κ1) is 8.52. The van der Waals surface area contributed by atoms with E-state index in [4.69, 9.17) is 4.74 Å². The van der Waals surface area contributed by atoms with Crippen molar-refractivity contribution in [3.63, 3.8) is 0 Å². The third kappa shape index (κ3) is 2.20. The van der Waals surface area contributed by atoms with Crippen molar-refractivity contribution >= 4 is 0 Å². The van der Waals surface area contributed by atoms with Crippen molar-refractivity contribution in [2.75, 3.05) is 13.2 Å². The van der Waals surface area contributed by atoms with Crippen LogP contribution in [0, 0.1) is 11.8 Å². The molecule has 0 radical (unpaired) electrons. The van der Waals surface area contributed by atoms with Gasteiger partial charge >= 0.3 is 0 Å². The Labute approximate surface area is 73.9 Å². The zero-order chi connectivity index (χ0) is 8.39. The molecule has 0 aromatic heterocycles. The highest BCUT2D eigenvalue weighted by Gasteiger charge is 2.31. The predicted octanol–water partition coefficient (Wildman–Crippen LogP) is 1.57. The van der Waals surface area contributed by atoms with E-state index in [1.54, 1.807) is 0 Å². The van der Waals surface area contributed by atoms with Crippen molar-refractivity contribution in [1.29, 1.82) is 0 Å². The van der Waals surface area contributed by atoms with Crippen molar-refractivity contribution in [3.05, 3.63) is 0 Å². The topological polar surface area (TPSA) is 29.5 Å². The Morgan fingerprint density at radius 2 is 1.83 bits per heavy atom. The van der Waals surface area contributed by atoms with Gasteiger partial charge in [0.05, 0.1) is 6.10 Å². The smallest absolute Gasteiger partial charge is 0.0571 e. The summed E-state index contributed by atoms with van der Waals surface area (Å²) in [6.07, 6.45) is 5.84. The van der Waals surface area contributed by atoms with Crippen LogP contribution in [0.4, 0.5) is 0 Å². The fourth-order valence-electron chi connectivity index (χ4n) is 2.00. The lowest BCUT2D eigenvalue weighted by atomic mass is 9.92. The predicted molar refractivity (Wildman–Crippen MR) is 46.9 cm³/mol. The van der Waals surface area contributed by atoms with Gasteiger partial charge in [0.15, 0.2) is 0 Å². The summed E-state index contributed by atoms with van der Waals surface area (Å²) in [5.41, 5.74) is 0. The lowest BCUT2D eigenvalue weighted by Crippen LogP contribution is -2.21. The normalized spacial score (nSPS) is 28.8. The number of aliphatic hydroxyl groups excluding tert-OH is 1. The van der Waals surface area contributed by atoms with Gasteiger partial charge in [-0.15, -0.1) is 0 Å². The number of rotatable bonds is 3. The van der Waals surface area contributed by atoms with Crippen molar-refractivity contribution in [2.24, 2.45) is 11.8 Å². The van der Waals surface area contributed by atoms with E-state index >= 15 is 0 Å². The molecule has 1 saturated heterocycles. The van der Waals surface area contributed by atoms with Crippen LogP contribution in [0.3, 0.4) is 0 Å². The summed E-state index contributed by atoms with van der Waals surface area (Å²) in [6, 6.07) is 0. The number of hydrogen-bond donors (Lipinski definition) is 1. The number of aliphatic hydroxyl groups is 1. The minimum absolute atomic E-state index is 0.00639. The van der Waals surface area contributed by atoms with E-state index < -0.39 is 0 Å². The van der Waals surface area contributed by atoms with Gasteiger partial charge in [0.1, 0.15) is 0 Å². The monoisotopic (exact) mass is 170 g/mol. The molecule has 1 unspecified atom stereocenters. The van der Waals surface area contributed by atoms with E-state index in [1.165, 1.54) is 12.8 Å². The average molecular weight is 170 g/mol. The highest BCUT2D eigenvalue weighted by atomic mass is 16.5. The second-order valence-electron chi connectivity index (χ2n) is 4.20. The Morgan fingerprint density at radius 3 is 2.42 bits per heavy atom. The van der Waals surface area contributed by atoms with Crippen molar-refractivity contribution in [3.8, 4) is 0 Å². The van der Waals surface area contributed by atoms with E-state index in [2.05, 4.69) is 0 Å². The maximum absolute atomic E-state index is 9.70. The first-order valence-electron chi connectivity index (χ1n) is 5.12. The molecule has 0 bridgehead atoms. The molecule has 1 aliphatic carbocycles. The molecule has 0 aromatic carbocycles. The SMILES string of the molecule is OC(CC1CCOCC1)C1CC1. The average Bonchev–Trinajstić information content (AvgIpc) is 2.88. The quantitative estimate of drug-likeness (QED) is 0.696. The third-order valence-corrected chi connectivity index (χ3v) is 3.08. The fourth-order valence-corrected chi connectivity index (χ4v) is 2.00. The van der Waals surface area contributed by atoms with Crippen LogP contribution in [0.25, 0.3) is 0 Å². The third-order valence-electron chi connectivity index (χ3n) is 3.08.